The minimum Gasteiger partial charge on any atom is -0.448 e. The van der Waals surface area contributed by atoms with E-state index < -0.39 is 0 Å². The maximum Gasteiger partial charge on any atom is 0.410 e. The summed E-state index contributed by atoms with van der Waals surface area (Å²) < 4.78 is 5.11. The molecule has 108 valence electrons. The van der Waals surface area contributed by atoms with Crippen molar-refractivity contribution in [3.8, 4) is 0 Å². The summed E-state index contributed by atoms with van der Waals surface area (Å²) in [6.45, 7) is 7.09. The summed E-state index contributed by atoms with van der Waals surface area (Å²) in [7, 11) is 0. The Morgan fingerprint density at radius 3 is 2.32 bits per heavy atom. The molecule has 0 saturated heterocycles. The number of amides is 1. The number of hydrogen-bond donors (Lipinski definition) is 1. The van der Waals surface area contributed by atoms with Crippen LogP contribution in [0.25, 0.3) is 0 Å². The Balaban J connectivity index is 0.00000324. The molecule has 1 aromatic rings. The lowest BCUT2D eigenvalue weighted by Gasteiger charge is -2.34. The largest absolute Gasteiger partial charge is 0.448 e. The van der Waals surface area contributed by atoms with Gasteiger partial charge < -0.3 is 10.5 Å². The number of nitrogens with two attached hydrogens (primary N) is 1. The maximum atomic E-state index is 12.0. The minimum atomic E-state index is -0.322. The van der Waals surface area contributed by atoms with E-state index in [0.29, 0.717) is 13.1 Å². The van der Waals surface area contributed by atoms with Gasteiger partial charge in [-0.25, -0.2) is 4.79 Å². The molecule has 0 aliphatic rings. The third kappa shape index (κ3) is 5.94. The molecule has 0 atom stereocenters. The van der Waals surface area contributed by atoms with Crippen LogP contribution < -0.4 is 5.73 Å². The van der Waals surface area contributed by atoms with E-state index >= 15 is 0 Å². The Hall–Kier alpha value is -1.26. The topological polar surface area (TPSA) is 55.6 Å². The molecule has 0 aliphatic heterocycles. The van der Waals surface area contributed by atoms with Crippen molar-refractivity contribution in [3.63, 3.8) is 0 Å². The zero-order valence-corrected chi connectivity index (χ0v) is 12.6. The van der Waals surface area contributed by atoms with Crippen LogP contribution >= 0.6 is 12.4 Å². The van der Waals surface area contributed by atoms with E-state index in [2.05, 4.69) is 0 Å². The van der Waals surface area contributed by atoms with Crippen LogP contribution in [0.5, 0.6) is 0 Å². The molecule has 0 spiro atoms. The van der Waals surface area contributed by atoms with Crippen molar-refractivity contribution in [2.75, 3.05) is 13.2 Å². The highest BCUT2D eigenvalue weighted by Gasteiger charge is 2.27. The molecule has 0 heterocycles. The molecule has 0 radical (unpaired) electrons. The van der Waals surface area contributed by atoms with E-state index in [0.717, 1.165) is 5.56 Å². The Morgan fingerprint density at radius 1 is 1.26 bits per heavy atom. The van der Waals surface area contributed by atoms with Crippen molar-refractivity contribution >= 4 is 18.5 Å². The fourth-order valence-electron chi connectivity index (χ4n) is 1.57. The first-order chi connectivity index (χ1) is 8.45. The fourth-order valence-corrected chi connectivity index (χ4v) is 1.57. The number of nitrogens with zero attached hydrogens (tertiary/aromatic N) is 1. The predicted octanol–water partition coefficient (Wildman–Crippen LogP) is 2.80. The monoisotopic (exact) mass is 286 g/mol. The first-order valence-corrected chi connectivity index (χ1v) is 6.13. The maximum absolute atomic E-state index is 12.0. The van der Waals surface area contributed by atoms with Crippen LogP contribution in [-0.2, 0) is 11.3 Å². The average Bonchev–Trinajstić information content (AvgIpc) is 2.33. The second kappa shape index (κ2) is 8.02. The normalized spacial score (nSPS) is 10.5. The molecule has 5 heteroatoms. The van der Waals surface area contributed by atoms with Crippen LogP contribution in [0.2, 0.25) is 0 Å². The number of halogens is 1. The van der Waals surface area contributed by atoms with Crippen LogP contribution in [0.1, 0.15) is 26.3 Å². The van der Waals surface area contributed by atoms with E-state index in [4.69, 9.17) is 10.5 Å². The van der Waals surface area contributed by atoms with Crippen LogP contribution in [0, 0.1) is 0 Å². The molecular weight excluding hydrogens is 264 g/mol. The molecule has 1 rings (SSSR count). The van der Waals surface area contributed by atoms with Crippen molar-refractivity contribution in [1.29, 1.82) is 0 Å². The van der Waals surface area contributed by atoms with Gasteiger partial charge in [0.15, 0.2) is 0 Å². The second-order valence-electron chi connectivity index (χ2n) is 5.15. The van der Waals surface area contributed by atoms with Gasteiger partial charge in [-0.2, -0.15) is 0 Å². The number of carbonyl (C=O) groups is 1. The number of ether oxygens (including phenoxy) is 1. The van der Waals surface area contributed by atoms with Crippen molar-refractivity contribution < 1.29 is 9.53 Å². The van der Waals surface area contributed by atoms with Gasteiger partial charge in [0, 0.05) is 18.6 Å². The molecule has 0 aliphatic carbocycles. The molecule has 0 bridgehead atoms. The molecular formula is C14H23ClN2O2. The Labute approximate surface area is 121 Å². The summed E-state index contributed by atoms with van der Waals surface area (Å²) in [6.07, 6.45) is -0.322. The summed E-state index contributed by atoms with van der Waals surface area (Å²) in [5.74, 6) is 0. The number of hydrogen-bond acceptors (Lipinski definition) is 3. The van der Waals surface area contributed by atoms with Crippen molar-refractivity contribution in [2.24, 2.45) is 5.73 Å². The molecule has 4 nitrogen and oxygen atoms in total. The van der Waals surface area contributed by atoms with Gasteiger partial charge in [-0.05, 0) is 26.3 Å². The second-order valence-corrected chi connectivity index (χ2v) is 5.15. The fraction of sp³-hybridized carbons (Fsp3) is 0.500. The lowest BCUT2D eigenvalue weighted by molar-refractivity contribution is 0.0656. The van der Waals surface area contributed by atoms with Gasteiger partial charge in [0.1, 0.15) is 6.61 Å². The van der Waals surface area contributed by atoms with Crippen molar-refractivity contribution in [2.45, 2.75) is 32.9 Å². The van der Waals surface area contributed by atoms with Crippen LogP contribution in [0.3, 0.4) is 0 Å². The van der Waals surface area contributed by atoms with E-state index in [9.17, 15) is 4.79 Å². The van der Waals surface area contributed by atoms with E-state index in [1.165, 1.54) is 0 Å². The molecule has 0 saturated carbocycles. The smallest absolute Gasteiger partial charge is 0.410 e. The highest BCUT2D eigenvalue weighted by molar-refractivity contribution is 5.85. The van der Waals surface area contributed by atoms with Gasteiger partial charge in [0.05, 0.1) is 0 Å². The van der Waals surface area contributed by atoms with Crippen LogP contribution in [0.4, 0.5) is 4.79 Å². The zero-order chi connectivity index (χ0) is 13.6. The predicted molar refractivity (Wildman–Crippen MR) is 79.4 cm³/mol. The van der Waals surface area contributed by atoms with Gasteiger partial charge >= 0.3 is 6.09 Å². The van der Waals surface area contributed by atoms with E-state index in [1.807, 2.05) is 51.1 Å². The number of benzene rings is 1. The summed E-state index contributed by atoms with van der Waals surface area (Å²) in [5.41, 5.74) is 6.13. The van der Waals surface area contributed by atoms with E-state index in [1.54, 1.807) is 4.90 Å². The molecule has 19 heavy (non-hydrogen) atoms. The average molecular weight is 287 g/mol. The quantitative estimate of drug-likeness (QED) is 0.926. The highest BCUT2D eigenvalue weighted by atomic mass is 35.5. The zero-order valence-electron chi connectivity index (χ0n) is 11.8. The van der Waals surface area contributed by atoms with Crippen LogP contribution in [-0.4, -0.2) is 29.7 Å². The Kier molecular flexibility index (Phi) is 7.49. The third-order valence-electron chi connectivity index (χ3n) is 2.56. The molecule has 0 fully saturated rings. The van der Waals surface area contributed by atoms with Gasteiger partial charge in [-0.3, -0.25) is 4.90 Å². The SMILES string of the molecule is CC(C)(C)N(Cc1ccccc1)C(=O)OCCN.Cl. The van der Waals surface area contributed by atoms with Gasteiger partial charge in [-0.15, -0.1) is 12.4 Å². The lowest BCUT2D eigenvalue weighted by Crippen LogP contribution is -2.45. The van der Waals surface area contributed by atoms with Gasteiger partial charge in [-0.1, -0.05) is 30.3 Å². The highest BCUT2D eigenvalue weighted by Crippen LogP contribution is 2.18. The Bertz CT molecular complexity index is 377. The molecule has 1 aromatic carbocycles. The lowest BCUT2D eigenvalue weighted by atomic mass is 10.1. The van der Waals surface area contributed by atoms with Gasteiger partial charge in [0.25, 0.3) is 0 Å². The first kappa shape index (κ1) is 17.7. The number of rotatable bonds is 4. The van der Waals surface area contributed by atoms with Crippen molar-refractivity contribution in [3.05, 3.63) is 35.9 Å². The molecule has 2 N–H and O–H groups in total. The van der Waals surface area contributed by atoms with Crippen molar-refractivity contribution in [1.82, 2.24) is 4.90 Å². The minimum absolute atomic E-state index is 0. The number of carbonyl (C=O) groups excluding carboxylic acids is 1. The molecule has 0 unspecified atom stereocenters. The summed E-state index contributed by atoms with van der Waals surface area (Å²) in [6, 6.07) is 9.87. The van der Waals surface area contributed by atoms with Crippen LogP contribution in [0.15, 0.2) is 30.3 Å². The van der Waals surface area contributed by atoms with Gasteiger partial charge in [0.2, 0.25) is 0 Å². The summed E-state index contributed by atoms with van der Waals surface area (Å²) >= 11 is 0. The third-order valence-corrected chi connectivity index (χ3v) is 2.56. The summed E-state index contributed by atoms with van der Waals surface area (Å²) in [4.78, 5) is 13.7. The molecule has 0 aromatic heterocycles. The van der Waals surface area contributed by atoms with E-state index in [-0.39, 0.29) is 30.6 Å². The first-order valence-electron chi connectivity index (χ1n) is 6.13. The standard InChI is InChI=1S/C14H22N2O2.ClH/c1-14(2,3)16(13(17)18-10-9-15)11-12-7-5-4-6-8-12;/h4-8H,9-11,15H2,1-3H3;1H. The molecule has 1 amide bonds. The Morgan fingerprint density at radius 2 is 1.84 bits per heavy atom. The summed E-state index contributed by atoms with van der Waals surface area (Å²) in [5, 5.41) is 0.